The largest absolute Gasteiger partial charge is 0.361 e. The van der Waals surface area contributed by atoms with E-state index >= 15 is 0 Å². The molecule has 18 heavy (non-hydrogen) atoms. The first-order valence-electron chi connectivity index (χ1n) is 6.33. The van der Waals surface area contributed by atoms with E-state index in [0.717, 1.165) is 6.42 Å². The SMILES string of the molecule is O=C1[C@H]2C=C(I)[C@H](C[C@@H]2c2ccccc2)[C@@]12CO2. The average molecular weight is 352 g/mol. The normalized spacial score (nSPS) is 41.1. The molecule has 2 nitrogen and oxygen atoms in total. The second kappa shape index (κ2) is 3.67. The highest BCUT2D eigenvalue weighted by atomic mass is 127. The molecule has 1 aliphatic heterocycles. The molecule has 0 aromatic heterocycles. The number of Topliss-reactive ketones (excluding diaryl/α,β-unsaturated/α-hetero) is 1. The number of hydrogen-bond donors (Lipinski definition) is 0. The van der Waals surface area contributed by atoms with Gasteiger partial charge in [-0.3, -0.25) is 4.79 Å². The summed E-state index contributed by atoms with van der Waals surface area (Å²) in [5.74, 6) is 0.970. The fourth-order valence-corrected chi connectivity index (χ4v) is 4.65. The van der Waals surface area contributed by atoms with Gasteiger partial charge in [0.25, 0.3) is 0 Å². The van der Waals surface area contributed by atoms with E-state index in [1.807, 2.05) is 6.07 Å². The van der Waals surface area contributed by atoms with Crippen molar-refractivity contribution < 1.29 is 9.53 Å². The van der Waals surface area contributed by atoms with Crippen LogP contribution in [0.3, 0.4) is 0 Å². The van der Waals surface area contributed by atoms with Crippen LogP contribution in [0.25, 0.3) is 0 Å². The number of epoxide rings is 1. The monoisotopic (exact) mass is 352 g/mol. The average Bonchev–Trinajstić information content (AvgIpc) is 3.18. The maximum atomic E-state index is 12.5. The fraction of sp³-hybridized carbons (Fsp3) is 0.400. The summed E-state index contributed by atoms with van der Waals surface area (Å²) in [6, 6.07) is 10.4. The number of carbonyl (C=O) groups is 1. The molecule has 1 saturated carbocycles. The van der Waals surface area contributed by atoms with Crippen LogP contribution in [0.5, 0.6) is 0 Å². The van der Waals surface area contributed by atoms with Gasteiger partial charge in [0.05, 0.1) is 6.61 Å². The number of ether oxygens (including phenoxy) is 1. The van der Waals surface area contributed by atoms with E-state index < -0.39 is 5.60 Å². The summed E-state index contributed by atoms with van der Waals surface area (Å²) in [7, 11) is 0. The van der Waals surface area contributed by atoms with Crippen LogP contribution in [-0.4, -0.2) is 18.0 Å². The zero-order valence-corrected chi connectivity index (χ0v) is 12.0. The quantitative estimate of drug-likeness (QED) is 0.574. The van der Waals surface area contributed by atoms with Gasteiger partial charge < -0.3 is 4.74 Å². The van der Waals surface area contributed by atoms with Crippen molar-refractivity contribution in [3.05, 3.63) is 45.6 Å². The molecule has 2 fully saturated rings. The van der Waals surface area contributed by atoms with E-state index in [1.54, 1.807) is 0 Å². The van der Waals surface area contributed by atoms with Gasteiger partial charge in [-0.2, -0.15) is 0 Å². The minimum atomic E-state index is -0.429. The Balaban J connectivity index is 1.77. The fourth-order valence-electron chi connectivity index (χ4n) is 3.51. The molecule has 1 aromatic carbocycles. The Morgan fingerprint density at radius 2 is 2.00 bits per heavy atom. The van der Waals surface area contributed by atoms with Crippen molar-refractivity contribution in [3.63, 3.8) is 0 Å². The van der Waals surface area contributed by atoms with Crippen LogP contribution in [-0.2, 0) is 9.53 Å². The van der Waals surface area contributed by atoms with E-state index in [0.29, 0.717) is 24.2 Å². The van der Waals surface area contributed by atoms with Crippen LogP contribution in [0.2, 0.25) is 0 Å². The lowest BCUT2D eigenvalue weighted by atomic mass is 9.61. The number of benzene rings is 1. The van der Waals surface area contributed by atoms with E-state index in [4.69, 9.17) is 4.74 Å². The molecule has 2 bridgehead atoms. The maximum Gasteiger partial charge on any atom is 0.175 e. The van der Waals surface area contributed by atoms with Crippen LogP contribution in [0, 0.1) is 11.8 Å². The second-order valence-electron chi connectivity index (χ2n) is 5.43. The van der Waals surface area contributed by atoms with Gasteiger partial charge in [-0.25, -0.2) is 0 Å². The number of hydrogen-bond acceptors (Lipinski definition) is 2. The highest BCUT2D eigenvalue weighted by Gasteiger charge is 2.66. The summed E-state index contributed by atoms with van der Waals surface area (Å²) in [5, 5.41) is 0. The molecule has 0 radical (unpaired) electrons. The molecule has 1 saturated heterocycles. The molecule has 4 atom stereocenters. The minimum Gasteiger partial charge on any atom is -0.361 e. The second-order valence-corrected chi connectivity index (χ2v) is 6.67. The zero-order chi connectivity index (χ0) is 12.3. The van der Waals surface area contributed by atoms with Crippen molar-refractivity contribution in [1.82, 2.24) is 0 Å². The molecule has 5 rings (SSSR count). The zero-order valence-electron chi connectivity index (χ0n) is 9.80. The van der Waals surface area contributed by atoms with Crippen LogP contribution in [0.15, 0.2) is 40.0 Å². The Labute approximate surface area is 120 Å². The third-order valence-electron chi connectivity index (χ3n) is 4.56. The Bertz CT molecular complexity index is 545. The van der Waals surface area contributed by atoms with Crippen molar-refractivity contribution >= 4 is 28.4 Å². The van der Waals surface area contributed by atoms with Crippen LogP contribution >= 0.6 is 22.6 Å². The lowest BCUT2D eigenvalue weighted by molar-refractivity contribution is -0.132. The Morgan fingerprint density at radius 3 is 2.67 bits per heavy atom. The highest BCUT2D eigenvalue weighted by molar-refractivity contribution is 14.1. The third-order valence-corrected chi connectivity index (χ3v) is 5.67. The van der Waals surface area contributed by atoms with Crippen molar-refractivity contribution in [3.8, 4) is 0 Å². The van der Waals surface area contributed by atoms with Crippen molar-refractivity contribution in [1.29, 1.82) is 0 Å². The highest BCUT2D eigenvalue weighted by Crippen LogP contribution is 2.58. The number of halogens is 1. The molecule has 0 amide bonds. The molecule has 0 unspecified atom stereocenters. The molecule has 1 heterocycles. The van der Waals surface area contributed by atoms with E-state index in [9.17, 15) is 4.79 Å². The number of allylic oxidation sites excluding steroid dienone is 1. The van der Waals surface area contributed by atoms with E-state index in [-0.39, 0.29) is 5.92 Å². The van der Waals surface area contributed by atoms with Gasteiger partial charge >= 0.3 is 0 Å². The molecule has 3 aliphatic carbocycles. The smallest absolute Gasteiger partial charge is 0.175 e. The van der Waals surface area contributed by atoms with E-state index in [1.165, 1.54) is 9.14 Å². The first-order chi connectivity index (χ1) is 8.72. The number of fused-ring (bicyclic) bond motifs is 1. The molecule has 92 valence electrons. The standard InChI is InChI=1S/C15H13IO2/c16-13-7-11-10(9-4-2-1-3-5-9)6-12(13)15(8-18-15)14(11)17/h1-5,7,10-12H,6,8H2/t10-,11+,12+,15+/m1/s1. The maximum absolute atomic E-state index is 12.5. The van der Waals surface area contributed by atoms with Gasteiger partial charge in [-0.05, 0) is 44.1 Å². The Kier molecular flexibility index (Phi) is 2.28. The molecule has 4 aliphatic rings. The van der Waals surface area contributed by atoms with Gasteiger partial charge in [0.1, 0.15) is 0 Å². The molecular formula is C15H13IO2. The molecule has 0 N–H and O–H groups in total. The lowest BCUT2D eigenvalue weighted by Gasteiger charge is -2.43. The number of carbonyl (C=O) groups excluding carboxylic acids is 1. The topological polar surface area (TPSA) is 29.6 Å². The predicted molar refractivity (Wildman–Crippen MR) is 76.6 cm³/mol. The third kappa shape index (κ3) is 1.35. The van der Waals surface area contributed by atoms with Crippen LogP contribution in [0.4, 0.5) is 0 Å². The van der Waals surface area contributed by atoms with Crippen LogP contribution in [0.1, 0.15) is 17.9 Å². The first kappa shape index (κ1) is 11.2. The molecule has 1 spiro atoms. The van der Waals surface area contributed by atoms with Gasteiger partial charge in [-0.1, -0.05) is 36.4 Å². The summed E-state index contributed by atoms with van der Waals surface area (Å²) in [4.78, 5) is 12.5. The van der Waals surface area contributed by atoms with Gasteiger partial charge in [0, 0.05) is 11.8 Å². The minimum absolute atomic E-state index is 0.0202. The predicted octanol–water partition coefficient (Wildman–Crippen LogP) is 3.08. The summed E-state index contributed by atoms with van der Waals surface area (Å²) in [6.45, 7) is 0.634. The van der Waals surface area contributed by atoms with Crippen molar-refractivity contribution in [2.24, 2.45) is 11.8 Å². The summed E-state index contributed by atoms with van der Waals surface area (Å²) < 4.78 is 6.86. The first-order valence-corrected chi connectivity index (χ1v) is 7.41. The van der Waals surface area contributed by atoms with Crippen molar-refractivity contribution in [2.75, 3.05) is 6.61 Å². The van der Waals surface area contributed by atoms with E-state index in [2.05, 4.69) is 52.9 Å². The molecular weight excluding hydrogens is 339 g/mol. The Hall–Kier alpha value is -0.680. The van der Waals surface area contributed by atoms with Crippen molar-refractivity contribution in [2.45, 2.75) is 17.9 Å². The number of rotatable bonds is 1. The molecule has 3 heteroatoms. The lowest BCUT2D eigenvalue weighted by Crippen LogP contribution is -2.49. The summed E-state index contributed by atoms with van der Waals surface area (Å²) in [5.41, 5.74) is 0.859. The number of ketones is 1. The molecule has 1 aromatic rings. The summed E-state index contributed by atoms with van der Waals surface area (Å²) >= 11 is 2.38. The summed E-state index contributed by atoms with van der Waals surface area (Å²) in [6.07, 6.45) is 3.22. The van der Waals surface area contributed by atoms with Gasteiger partial charge in [0.2, 0.25) is 0 Å². The van der Waals surface area contributed by atoms with Crippen LogP contribution < -0.4 is 0 Å². The van der Waals surface area contributed by atoms with Gasteiger partial charge in [0.15, 0.2) is 11.4 Å². The van der Waals surface area contributed by atoms with Gasteiger partial charge in [-0.15, -0.1) is 0 Å². The Morgan fingerprint density at radius 1 is 1.28 bits per heavy atom.